The van der Waals surface area contributed by atoms with Crippen molar-refractivity contribution in [3.63, 3.8) is 0 Å². The standard InChI is InChI=1S/C28H26N4O/c1-2-33-24-11-13-27-26(16-24)30-18-32(27)28-14-8-22-15-21(7-12-25(22)31-28)20-5-3-19(4-6-20)17-29-23-9-10-23/h3-8,11-16,18,23,29H,2,9-10,17H2,1H3. The predicted octanol–water partition coefficient (Wildman–Crippen LogP) is 5.89. The van der Waals surface area contributed by atoms with Crippen molar-refractivity contribution in [1.82, 2.24) is 19.9 Å². The van der Waals surface area contributed by atoms with E-state index in [1.165, 1.54) is 29.5 Å². The number of hydrogen-bond acceptors (Lipinski definition) is 4. The molecule has 6 rings (SSSR count). The molecule has 3 aromatic carbocycles. The maximum atomic E-state index is 5.60. The van der Waals surface area contributed by atoms with Gasteiger partial charge >= 0.3 is 0 Å². The molecular formula is C28H26N4O. The Balaban J connectivity index is 1.27. The van der Waals surface area contributed by atoms with Crippen LogP contribution < -0.4 is 10.1 Å². The zero-order chi connectivity index (χ0) is 22.2. The van der Waals surface area contributed by atoms with Crippen molar-refractivity contribution in [2.24, 2.45) is 0 Å². The zero-order valence-electron chi connectivity index (χ0n) is 18.7. The number of nitrogens with one attached hydrogen (secondary N) is 1. The van der Waals surface area contributed by atoms with Crippen LogP contribution in [-0.4, -0.2) is 27.2 Å². The van der Waals surface area contributed by atoms with E-state index in [2.05, 4.69) is 64.9 Å². The Bertz CT molecular complexity index is 1430. The molecule has 1 N–H and O–H groups in total. The molecule has 0 saturated heterocycles. The molecule has 5 nitrogen and oxygen atoms in total. The Morgan fingerprint density at radius 1 is 0.909 bits per heavy atom. The lowest BCUT2D eigenvalue weighted by Gasteiger charge is -2.09. The van der Waals surface area contributed by atoms with E-state index in [1.54, 1.807) is 0 Å². The fraction of sp³-hybridized carbons (Fsp3) is 0.214. The third-order valence-electron chi connectivity index (χ3n) is 6.21. The highest BCUT2D eigenvalue weighted by molar-refractivity contribution is 5.86. The second-order valence-electron chi connectivity index (χ2n) is 8.63. The van der Waals surface area contributed by atoms with E-state index in [-0.39, 0.29) is 0 Å². The van der Waals surface area contributed by atoms with Gasteiger partial charge in [0.2, 0.25) is 0 Å². The Morgan fingerprint density at radius 2 is 1.76 bits per heavy atom. The Labute approximate surface area is 193 Å². The second-order valence-corrected chi connectivity index (χ2v) is 8.63. The molecular weight excluding hydrogens is 408 g/mol. The Kier molecular flexibility index (Phi) is 5.04. The van der Waals surface area contributed by atoms with Gasteiger partial charge in [0.15, 0.2) is 0 Å². The fourth-order valence-corrected chi connectivity index (χ4v) is 4.22. The first-order valence-electron chi connectivity index (χ1n) is 11.6. The van der Waals surface area contributed by atoms with Gasteiger partial charge in [0.05, 0.1) is 23.2 Å². The van der Waals surface area contributed by atoms with Crippen molar-refractivity contribution in [1.29, 1.82) is 0 Å². The number of nitrogens with zero attached hydrogens (tertiary/aromatic N) is 3. The van der Waals surface area contributed by atoms with Crippen molar-refractivity contribution in [2.75, 3.05) is 6.61 Å². The number of aromatic nitrogens is 3. The molecule has 5 aromatic rings. The molecule has 0 atom stereocenters. The van der Waals surface area contributed by atoms with E-state index >= 15 is 0 Å². The molecule has 1 fully saturated rings. The molecule has 1 saturated carbocycles. The number of ether oxygens (including phenoxy) is 1. The van der Waals surface area contributed by atoms with Gasteiger partial charge in [-0.2, -0.15) is 0 Å². The van der Waals surface area contributed by atoms with Gasteiger partial charge in [0, 0.05) is 24.0 Å². The van der Waals surface area contributed by atoms with Crippen molar-refractivity contribution >= 4 is 21.9 Å². The summed E-state index contributed by atoms with van der Waals surface area (Å²) in [5.74, 6) is 1.69. The maximum absolute atomic E-state index is 5.60. The van der Waals surface area contributed by atoms with E-state index in [0.29, 0.717) is 6.61 Å². The Hall–Kier alpha value is -3.70. The van der Waals surface area contributed by atoms with Gasteiger partial charge in [0.25, 0.3) is 0 Å². The van der Waals surface area contributed by atoms with Gasteiger partial charge in [-0.3, -0.25) is 4.57 Å². The lowest BCUT2D eigenvalue weighted by molar-refractivity contribution is 0.340. The lowest BCUT2D eigenvalue weighted by Crippen LogP contribution is -2.14. The first kappa shape index (κ1) is 19.9. The van der Waals surface area contributed by atoms with Crippen molar-refractivity contribution < 1.29 is 4.74 Å². The summed E-state index contributed by atoms with van der Waals surface area (Å²) in [7, 11) is 0. The SMILES string of the molecule is CCOc1ccc2c(c1)ncn2-c1ccc2cc(-c3ccc(CNC4CC4)cc3)ccc2n1. The summed E-state index contributed by atoms with van der Waals surface area (Å²) >= 11 is 0. The van der Waals surface area contributed by atoms with E-state index in [1.807, 2.05) is 36.0 Å². The quantitative estimate of drug-likeness (QED) is 0.347. The summed E-state index contributed by atoms with van der Waals surface area (Å²) < 4.78 is 7.62. The number of imidazole rings is 1. The maximum Gasteiger partial charge on any atom is 0.139 e. The van der Waals surface area contributed by atoms with Crippen molar-refractivity contribution in [3.05, 3.63) is 84.7 Å². The number of benzene rings is 3. The molecule has 2 heterocycles. The molecule has 0 spiro atoms. The van der Waals surface area contributed by atoms with Crippen LogP contribution in [0.15, 0.2) is 79.1 Å². The highest BCUT2D eigenvalue weighted by Crippen LogP contribution is 2.27. The van der Waals surface area contributed by atoms with Crippen LogP contribution >= 0.6 is 0 Å². The number of pyridine rings is 1. The van der Waals surface area contributed by atoms with E-state index < -0.39 is 0 Å². The van der Waals surface area contributed by atoms with Crippen LogP contribution in [0.2, 0.25) is 0 Å². The van der Waals surface area contributed by atoms with Gasteiger partial charge in [-0.15, -0.1) is 0 Å². The second kappa shape index (κ2) is 8.34. The van der Waals surface area contributed by atoms with Crippen molar-refractivity contribution in [2.45, 2.75) is 32.4 Å². The monoisotopic (exact) mass is 434 g/mol. The van der Waals surface area contributed by atoms with Crippen molar-refractivity contribution in [3.8, 4) is 22.7 Å². The molecule has 164 valence electrons. The van der Waals surface area contributed by atoms with Crippen LogP contribution in [0.3, 0.4) is 0 Å². The van der Waals surface area contributed by atoms with Gasteiger partial charge in [-0.05, 0) is 72.9 Å². The molecule has 0 bridgehead atoms. The topological polar surface area (TPSA) is 52.0 Å². The van der Waals surface area contributed by atoms with Gasteiger partial charge in [0.1, 0.15) is 17.9 Å². The summed E-state index contributed by atoms with van der Waals surface area (Å²) in [6.45, 7) is 3.57. The molecule has 0 aliphatic heterocycles. The van der Waals surface area contributed by atoms with Gasteiger partial charge in [-0.25, -0.2) is 9.97 Å². The minimum absolute atomic E-state index is 0.641. The lowest BCUT2D eigenvalue weighted by atomic mass is 10.0. The minimum atomic E-state index is 0.641. The highest BCUT2D eigenvalue weighted by Gasteiger charge is 2.19. The average Bonchev–Trinajstić information content (AvgIpc) is 3.60. The molecule has 1 aliphatic carbocycles. The summed E-state index contributed by atoms with van der Waals surface area (Å²) in [5, 5.41) is 4.70. The van der Waals surface area contributed by atoms with Crippen LogP contribution in [0.4, 0.5) is 0 Å². The smallest absolute Gasteiger partial charge is 0.139 e. The van der Waals surface area contributed by atoms with Crippen LogP contribution in [0.1, 0.15) is 25.3 Å². The molecule has 0 amide bonds. The van der Waals surface area contributed by atoms with Crippen LogP contribution in [0.25, 0.3) is 38.9 Å². The highest BCUT2D eigenvalue weighted by atomic mass is 16.5. The van der Waals surface area contributed by atoms with Crippen LogP contribution in [0.5, 0.6) is 5.75 Å². The molecule has 0 unspecified atom stereocenters. The molecule has 0 radical (unpaired) electrons. The molecule has 33 heavy (non-hydrogen) atoms. The third kappa shape index (κ3) is 4.08. The molecule has 5 heteroatoms. The normalized spacial score (nSPS) is 13.6. The number of fused-ring (bicyclic) bond motifs is 2. The van der Waals surface area contributed by atoms with E-state index in [4.69, 9.17) is 9.72 Å². The zero-order valence-corrected chi connectivity index (χ0v) is 18.7. The summed E-state index contributed by atoms with van der Waals surface area (Å²) in [6, 6.07) is 26.2. The average molecular weight is 435 g/mol. The van der Waals surface area contributed by atoms with E-state index in [9.17, 15) is 0 Å². The minimum Gasteiger partial charge on any atom is -0.494 e. The van der Waals surface area contributed by atoms with Gasteiger partial charge in [-0.1, -0.05) is 30.3 Å². The number of hydrogen-bond donors (Lipinski definition) is 1. The fourth-order valence-electron chi connectivity index (χ4n) is 4.22. The predicted molar refractivity (Wildman–Crippen MR) is 133 cm³/mol. The summed E-state index contributed by atoms with van der Waals surface area (Å²) in [5.41, 5.74) is 6.64. The molecule has 1 aliphatic rings. The largest absolute Gasteiger partial charge is 0.494 e. The number of rotatable bonds is 7. The van der Waals surface area contributed by atoms with Crippen LogP contribution in [0, 0.1) is 0 Å². The summed E-state index contributed by atoms with van der Waals surface area (Å²) in [4.78, 5) is 9.45. The first-order valence-corrected chi connectivity index (χ1v) is 11.6. The third-order valence-corrected chi connectivity index (χ3v) is 6.21. The first-order chi connectivity index (χ1) is 16.3. The van der Waals surface area contributed by atoms with Gasteiger partial charge < -0.3 is 10.1 Å². The summed E-state index contributed by atoms with van der Waals surface area (Å²) in [6.07, 6.45) is 4.45. The van der Waals surface area contributed by atoms with E-state index in [0.717, 1.165) is 46.1 Å². The Morgan fingerprint density at radius 3 is 2.58 bits per heavy atom. The molecule has 2 aromatic heterocycles. The van der Waals surface area contributed by atoms with Crippen LogP contribution in [-0.2, 0) is 6.54 Å².